The lowest BCUT2D eigenvalue weighted by molar-refractivity contribution is -0.142. The van der Waals surface area contributed by atoms with Crippen molar-refractivity contribution in [3.63, 3.8) is 0 Å². The second-order valence-electron chi connectivity index (χ2n) is 14.7. The number of benzene rings is 1. The van der Waals surface area contributed by atoms with Crippen LogP contribution in [0.1, 0.15) is 201 Å². The fraction of sp³-hybridized carbons (Fsp3) is 0.696. The van der Waals surface area contributed by atoms with Gasteiger partial charge in [0.25, 0.3) is 11.9 Å². The van der Waals surface area contributed by atoms with Crippen molar-refractivity contribution in [2.45, 2.75) is 201 Å². The maximum Gasteiger partial charge on any atom is 1.20 e. The molecule has 0 aliphatic rings. The number of hydrogen-bond acceptors (Lipinski definition) is 6. The van der Waals surface area contributed by atoms with Crippen molar-refractivity contribution >= 4 is 27.1 Å². The van der Waals surface area contributed by atoms with Crippen molar-refractivity contribution in [2.24, 2.45) is 0 Å². The number of carbonyl (C=O) groups excluding carboxylic acids is 2. The van der Waals surface area contributed by atoms with Crippen LogP contribution in [0, 0.1) is 0 Å². The predicted octanol–water partition coefficient (Wildman–Crippen LogP) is 14.2. The molecule has 0 aliphatic heterocycles. The maximum absolute atomic E-state index is 12.9. The van der Waals surface area contributed by atoms with E-state index in [1.807, 2.05) is 19.1 Å². The summed E-state index contributed by atoms with van der Waals surface area (Å²) in [4.78, 5) is 25.7. The molecular formula is C46H77AlO6. The minimum absolute atomic E-state index is 0.282. The smallest absolute Gasteiger partial charge is 0.575 e. The van der Waals surface area contributed by atoms with E-state index in [9.17, 15) is 9.59 Å². The van der Waals surface area contributed by atoms with E-state index in [2.05, 4.69) is 44.7 Å². The van der Waals surface area contributed by atoms with Crippen LogP contribution in [0.4, 0.5) is 0 Å². The Balaban J connectivity index is 2.38. The van der Waals surface area contributed by atoms with Crippen LogP contribution in [0.5, 0.6) is 11.5 Å². The molecule has 6 nitrogen and oxygen atoms in total. The molecule has 0 bridgehead atoms. The summed E-state index contributed by atoms with van der Waals surface area (Å²) in [5, 5.41) is 0. The number of unbranched alkanes of at least 4 members (excludes halogenated alkanes) is 22. The van der Waals surface area contributed by atoms with Crippen LogP contribution in [0.25, 0.3) is 0 Å². The van der Waals surface area contributed by atoms with E-state index in [0.29, 0.717) is 18.1 Å². The fourth-order valence-corrected chi connectivity index (χ4v) is 7.27. The molecule has 0 aliphatic carbocycles. The van der Waals surface area contributed by atoms with Crippen LogP contribution in [0.3, 0.4) is 0 Å². The molecule has 300 valence electrons. The second-order valence-corrected chi connectivity index (χ2v) is 16.0. The third-order valence-corrected chi connectivity index (χ3v) is 10.6. The molecule has 0 amide bonds. The van der Waals surface area contributed by atoms with Gasteiger partial charge in [0.05, 0.1) is 0 Å². The van der Waals surface area contributed by atoms with Gasteiger partial charge in [-0.15, -0.1) is 0 Å². The summed E-state index contributed by atoms with van der Waals surface area (Å²) in [6, 6.07) is 7.18. The molecular weight excluding hydrogens is 675 g/mol. The van der Waals surface area contributed by atoms with Crippen molar-refractivity contribution in [3.8, 4) is 11.5 Å². The number of para-hydroxylation sites is 2. The Labute approximate surface area is 330 Å². The highest BCUT2D eigenvalue weighted by Gasteiger charge is 2.47. The standard InChI is InChI=1S/2C18H34O2.C10H12O2.Al/c2*1-2-3-4-5-6-7-8-9-10-11-12-13-14-15-16-17-18(19)20;1-8(2)7-12-10-6-4-3-5-9(10)11;/h2*9-10H,2-8,11-17H2,1H3,(H,19,20);3-6,11H,1,7H2,2H3;/q;;;+3/p-3/b2*10-9-;;. The number of allylic oxidation sites excluding steroid dienone is 4. The Kier molecular flexibility index (Phi) is 33.4. The Hall–Kier alpha value is -2.49. The number of carbonyl (C=O) groups is 2. The molecule has 0 aromatic heterocycles. The molecule has 0 N–H and O–H groups in total. The van der Waals surface area contributed by atoms with Crippen LogP contribution in [-0.2, 0) is 17.2 Å². The molecule has 0 spiro atoms. The second kappa shape index (κ2) is 36.5. The van der Waals surface area contributed by atoms with E-state index < -0.39 is 15.1 Å². The number of rotatable bonds is 37. The van der Waals surface area contributed by atoms with Gasteiger partial charge in [-0.1, -0.05) is 160 Å². The Morgan fingerprint density at radius 1 is 0.547 bits per heavy atom. The average molecular weight is 753 g/mol. The maximum atomic E-state index is 12.9. The van der Waals surface area contributed by atoms with E-state index in [1.165, 1.54) is 103 Å². The van der Waals surface area contributed by atoms with Crippen molar-refractivity contribution in [2.75, 3.05) is 6.61 Å². The van der Waals surface area contributed by atoms with E-state index in [-0.39, 0.29) is 24.8 Å². The lowest BCUT2D eigenvalue weighted by Crippen LogP contribution is -2.35. The quantitative estimate of drug-likeness (QED) is 0.0383. The molecule has 0 atom stereocenters. The zero-order chi connectivity index (χ0) is 38.5. The molecule has 7 heteroatoms. The summed E-state index contributed by atoms with van der Waals surface area (Å²) < 4.78 is 23.3. The van der Waals surface area contributed by atoms with E-state index in [0.717, 1.165) is 69.8 Å². The van der Waals surface area contributed by atoms with Crippen molar-refractivity contribution < 1.29 is 25.7 Å². The highest BCUT2D eigenvalue weighted by atomic mass is 27.3. The first-order valence-corrected chi connectivity index (χ1v) is 23.1. The van der Waals surface area contributed by atoms with Crippen LogP contribution < -0.4 is 8.53 Å². The largest absolute Gasteiger partial charge is 1.20 e. The van der Waals surface area contributed by atoms with Gasteiger partial charge in [0.2, 0.25) is 0 Å². The third kappa shape index (κ3) is 31.6. The molecule has 0 unspecified atom stereocenters. The predicted molar refractivity (Wildman–Crippen MR) is 224 cm³/mol. The van der Waals surface area contributed by atoms with Crippen molar-refractivity contribution in [3.05, 3.63) is 60.7 Å². The first kappa shape index (κ1) is 48.5. The SMILES string of the molecule is C=C(C)COc1ccccc1[O][Al]([O]C(=O)CCCCCCC/C=C\CCCCCCCC)[O]C(=O)CCCCCCC/C=C\CCCCCCCC. The van der Waals surface area contributed by atoms with Crippen LogP contribution in [-0.4, -0.2) is 33.7 Å². The highest BCUT2D eigenvalue weighted by molar-refractivity contribution is 6.42. The van der Waals surface area contributed by atoms with Crippen LogP contribution >= 0.6 is 0 Å². The normalized spacial score (nSPS) is 11.3. The molecule has 1 rings (SSSR count). The Morgan fingerprint density at radius 2 is 0.906 bits per heavy atom. The minimum Gasteiger partial charge on any atom is -0.575 e. The van der Waals surface area contributed by atoms with Crippen LogP contribution in [0.15, 0.2) is 60.7 Å². The molecule has 0 heterocycles. The van der Waals surface area contributed by atoms with Gasteiger partial charge in [-0.25, -0.2) is 0 Å². The summed E-state index contributed by atoms with van der Waals surface area (Å²) in [6.07, 6.45) is 41.0. The fourth-order valence-electron chi connectivity index (χ4n) is 6.06. The zero-order valence-corrected chi connectivity index (χ0v) is 35.5. The first-order valence-electron chi connectivity index (χ1n) is 21.7. The van der Waals surface area contributed by atoms with Gasteiger partial charge in [-0.2, -0.15) is 0 Å². The highest BCUT2D eigenvalue weighted by Crippen LogP contribution is 2.28. The van der Waals surface area contributed by atoms with Gasteiger partial charge in [0, 0.05) is 12.8 Å². The van der Waals surface area contributed by atoms with Gasteiger partial charge in [-0.05, 0) is 88.8 Å². The minimum atomic E-state index is -3.16. The summed E-state index contributed by atoms with van der Waals surface area (Å²) in [5.41, 5.74) is 0.867. The molecule has 0 saturated heterocycles. The Morgan fingerprint density at radius 3 is 1.30 bits per heavy atom. The van der Waals surface area contributed by atoms with E-state index in [4.69, 9.17) is 16.1 Å². The first-order chi connectivity index (χ1) is 26.0. The molecule has 1 aromatic rings. The summed E-state index contributed by atoms with van der Waals surface area (Å²) in [5.74, 6) is 0.129. The molecule has 0 fully saturated rings. The van der Waals surface area contributed by atoms with Gasteiger partial charge < -0.3 is 16.1 Å². The Bertz CT molecular complexity index is 1050. The van der Waals surface area contributed by atoms with Gasteiger partial charge in [-0.3, -0.25) is 9.59 Å². The molecule has 0 radical (unpaired) electrons. The monoisotopic (exact) mass is 753 g/mol. The van der Waals surface area contributed by atoms with Gasteiger partial charge in [0.1, 0.15) is 12.4 Å². The van der Waals surface area contributed by atoms with Crippen molar-refractivity contribution in [1.82, 2.24) is 0 Å². The zero-order valence-electron chi connectivity index (χ0n) is 34.4. The van der Waals surface area contributed by atoms with E-state index >= 15 is 0 Å². The lowest BCUT2D eigenvalue weighted by Gasteiger charge is -2.17. The molecule has 53 heavy (non-hydrogen) atoms. The third-order valence-electron chi connectivity index (χ3n) is 9.29. The number of ether oxygens (including phenoxy) is 1. The molecule has 1 aromatic carbocycles. The topological polar surface area (TPSA) is 71.1 Å². The van der Waals surface area contributed by atoms with Crippen molar-refractivity contribution in [1.29, 1.82) is 0 Å². The summed E-state index contributed by atoms with van der Waals surface area (Å²) in [6.45, 7) is 10.6. The summed E-state index contributed by atoms with van der Waals surface area (Å²) in [7, 11) is 0. The lowest BCUT2D eigenvalue weighted by atomic mass is 10.1. The number of hydrogen-bond donors (Lipinski definition) is 0. The molecule has 0 saturated carbocycles. The average Bonchev–Trinajstić information content (AvgIpc) is 3.14. The van der Waals surface area contributed by atoms with Gasteiger partial charge >= 0.3 is 15.1 Å². The van der Waals surface area contributed by atoms with Crippen LogP contribution in [0.2, 0.25) is 0 Å². The van der Waals surface area contributed by atoms with Gasteiger partial charge in [0.15, 0.2) is 5.75 Å². The van der Waals surface area contributed by atoms with E-state index in [1.54, 1.807) is 12.1 Å². The summed E-state index contributed by atoms with van der Waals surface area (Å²) >= 11 is -3.16.